The Labute approximate surface area is 158 Å². The molecule has 0 amide bonds. The quantitative estimate of drug-likeness (QED) is 0.624. The molecule has 0 bridgehead atoms. The third-order valence-electron chi connectivity index (χ3n) is 4.99. The summed E-state index contributed by atoms with van der Waals surface area (Å²) in [7, 11) is 0. The van der Waals surface area contributed by atoms with E-state index in [4.69, 9.17) is 21.0 Å². The number of rotatable bonds is 2. The van der Waals surface area contributed by atoms with Crippen molar-refractivity contribution in [1.29, 1.82) is 0 Å². The van der Waals surface area contributed by atoms with Gasteiger partial charge in [0.2, 0.25) is 11.6 Å². The van der Waals surface area contributed by atoms with E-state index >= 15 is 0 Å². The van der Waals surface area contributed by atoms with Crippen LogP contribution in [-0.4, -0.2) is 42.6 Å². The summed E-state index contributed by atoms with van der Waals surface area (Å²) in [6.45, 7) is 1.25. The number of hydrogen-bond donors (Lipinski definition) is 0. The Morgan fingerprint density at radius 3 is 2.93 bits per heavy atom. The van der Waals surface area contributed by atoms with Crippen molar-refractivity contribution in [2.45, 2.75) is 18.9 Å². The molecule has 1 unspecified atom stereocenters. The molecule has 3 aliphatic rings. The lowest BCUT2D eigenvalue weighted by Gasteiger charge is -2.29. The highest BCUT2D eigenvalue weighted by Gasteiger charge is 2.36. The van der Waals surface area contributed by atoms with Crippen LogP contribution in [0.15, 0.2) is 35.0 Å². The maximum absolute atomic E-state index is 6.27. The number of ether oxygens (including phenoxy) is 1. The van der Waals surface area contributed by atoms with Gasteiger partial charge < -0.3 is 14.2 Å². The largest absolute Gasteiger partial charge is 0.370 e. The molecule has 0 radical (unpaired) electrons. The Bertz CT molecular complexity index is 1070. The maximum atomic E-state index is 6.27. The van der Waals surface area contributed by atoms with E-state index in [-0.39, 0.29) is 6.10 Å². The molecular formula is C17H14ClN7O2. The summed E-state index contributed by atoms with van der Waals surface area (Å²) in [4.78, 5) is 6.61. The highest BCUT2D eigenvalue weighted by atomic mass is 35.5. The Morgan fingerprint density at radius 2 is 2.04 bits per heavy atom. The fourth-order valence-electron chi connectivity index (χ4n) is 3.77. The molecule has 3 aromatic rings. The van der Waals surface area contributed by atoms with Crippen molar-refractivity contribution in [3.8, 4) is 23.1 Å². The number of anilines is 1. The molecule has 2 aromatic heterocycles. The van der Waals surface area contributed by atoms with Crippen LogP contribution in [-0.2, 0) is 4.74 Å². The molecule has 1 saturated heterocycles. The Kier molecular flexibility index (Phi) is 3.12. The zero-order valence-electron chi connectivity index (χ0n) is 14.1. The van der Waals surface area contributed by atoms with Gasteiger partial charge in [-0.2, -0.15) is 4.98 Å². The predicted octanol–water partition coefficient (Wildman–Crippen LogP) is 2.85. The lowest BCUT2D eigenvalue weighted by Crippen LogP contribution is -2.28. The van der Waals surface area contributed by atoms with Gasteiger partial charge in [-0.15, -0.1) is 10.2 Å². The highest BCUT2D eigenvalue weighted by Crippen LogP contribution is 2.43. The number of aromatic nitrogens is 5. The standard InChI is InChI=1S/C17H14ClN7O2/c18-23-8-13-24(9-23)11-5-2-1-4-10(11)15-20-21-16(25(13)15)17-19-14(22-27-17)12-6-3-7-26-12/h1-2,4-5,8,12H,3,6-7,9H2. The van der Waals surface area contributed by atoms with Crippen molar-refractivity contribution in [2.24, 2.45) is 0 Å². The predicted molar refractivity (Wildman–Crippen MR) is 96.0 cm³/mol. The summed E-state index contributed by atoms with van der Waals surface area (Å²) < 4.78 is 14.6. The molecule has 10 heteroatoms. The molecule has 1 fully saturated rings. The van der Waals surface area contributed by atoms with E-state index in [0.29, 0.717) is 30.0 Å². The number of para-hydroxylation sites is 1. The minimum Gasteiger partial charge on any atom is -0.370 e. The van der Waals surface area contributed by atoms with Crippen molar-refractivity contribution < 1.29 is 9.26 Å². The third-order valence-corrected chi connectivity index (χ3v) is 5.19. The van der Waals surface area contributed by atoms with E-state index in [1.54, 1.807) is 4.42 Å². The first-order valence-electron chi connectivity index (χ1n) is 8.72. The van der Waals surface area contributed by atoms with Crippen LogP contribution < -0.4 is 4.90 Å². The van der Waals surface area contributed by atoms with E-state index in [1.807, 2.05) is 35.0 Å². The van der Waals surface area contributed by atoms with Gasteiger partial charge in [0.1, 0.15) is 18.6 Å². The summed E-state index contributed by atoms with van der Waals surface area (Å²) in [5, 5.41) is 12.8. The first kappa shape index (κ1) is 15.2. The number of hydrogen-bond acceptors (Lipinski definition) is 8. The van der Waals surface area contributed by atoms with Crippen LogP contribution in [0.25, 0.3) is 28.9 Å². The molecular weight excluding hydrogens is 370 g/mol. The van der Waals surface area contributed by atoms with Crippen LogP contribution in [0.5, 0.6) is 0 Å². The van der Waals surface area contributed by atoms with Gasteiger partial charge >= 0.3 is 0 Å². The lowest BCUT2D eigenvalue weighted by molar-refractivity contribution is 0.103. The highest BCUT2D eigenvalue weighted by molar-refractivity contribution is 6.15. The van der Waals surface area contributed by atoms with Gasteiger partial charge in [-0.05, 0) is 25.0 Å². The van der Waals surface area contributed by atoms with Gasteiger partial charge in [0, 0.05) is 23.9 Å². The summed E-state index contributed by atoms with van der Waals surface area (Å²) in [6.07, 6.45) is 3.61. The topological polar surface area (TPSA) is 85.3 Å². The van der Waals surface area contributed by atoms with Gasteiger partial charge in [-0.25, -0.2) is 0 Å². The molecule has 0 N–H and O–H groups in total. The van der Waals surface area contributed by atoms with Gasteiger partial charge in [-0.1, -0.05) is 17.3 Å². The second-order valence-corrected chi connectivity index (χ2v) is 7.05. The van der Waals surface area contributed by atoms with E-state index < -0.39 is 0 Å². The van der Waals surface area contributed by atoms with Crippen molar-refractivity contribution in [3.05, 3.63) is 36.3 Å². The van der Waals surface area contributed by atoms with Crippen molar-refractivity contribution in [1.82, 2.24) is 29.3 Å². The average Bonchev–Trinajstić information content (AvgIpc) is 3.44. The second kappa shape index (κ2) is 5.54. The molecule has 0 saturated carbocycles. The van der Waals surface area contributed by atoms with E-state index in [0.717, 1.165) is 36.5 Å². The van der Waals surface area contributed by atoms with Crippen LogP contribution in [0.1, 0.15) is 24.8 Å². The van der Waals surface area contributed by atoms with Gasteiger partial charge in [0.25, 0.3) is 5.89 Å². The smallest absolute Gasteiger partial charge is 0.296 e. The SMILES string of the molecule is ClN1C=C2N(C1)c1ccccc1-c1nnc(-c3nc(C4CCCO4)no3)n12. The molecule has 9 nitrogen and oxygen atoms in total. The first-order valence-corrected chi connectivity index (χ1v) is 9.06. The van der Waals surface area contributed by atoms with Crippen LogP contribution in [0, 0.1) is 0 Å². The Hall–Kier alpha value is -2.91. The normalized spacial score (nSPS) is 20.5. The summed E-state index contributed by atoms with van der Waals surface area (Å²) in [5.41, 5.74) is 2.00. The van der Waals surface area contributed by atoms with Crippen LogP contribution in [0.3, 0.4) is 0 Å². The zero-order chi connectivity index (χ0) is 18.0. The monoisotopic (exact) mass is 383 g/mol. The van der Waals surface area contributed by atoms with Crippen molar-refractivity contribution >= 4 is 23.3 Å². The fraction of sp³-hybridized carbons (Fsp3) is 0.294. The lowest BCUT2D eigenvalue weighted by atomic mass is 10.1. The van der Waals surface area contributed by atoms with Gasteiger partial charge in [0.05, 0.1) is 11.9 Å². The summed E-state index contributed by atoms with van der Waals surface area (Å²) in [5.74, 6) is 2.90. The van der Waals surface area contributed by atoms with Gasteiger partial charge in [0.15, 0.2) is 5.82 Å². The number of nitrogens with zero attached hydrogens (tertiary/aromatic N) is 7. The van der Waals surface area contributed by atoms with Crippen molar-refractivity contribution in [3.63, 3.8) is 0 Å². The van der Waals surface area contributed by atoms with Crippen molar-refractivity contribution in [2.75, 3.05) is 18.2 Å². The molecule has 5 heterocycles. The Morgan fingerprint density at radius 1 is 1.15 bits per heavy atom. The van der Waals surface area contributed by atoms with Crippen LogP contribution in [0.2, 0.25) is 0 Å². The second-order valence-electron chi connectivity index (χ2n) is 6.62. The molecule has 136 valence electrons. The molecule has 27 heavy (non-hydrogen) atoms. The molecule has 1 aromatic carbocycles. The number of benzene rings is 1. The van der Waals surface area contributed by atoms with E-state index in [1.165, 1.54) is 0 Å². The Balaban J connectivity index is 1.51. The van der Waals surface area contributed by atoms with Crippen LogP contribution in [0.4, 0.5) is 5.69 Å². The number of halogens is 1. The average molecular weight is 384 g/mol. The van der Waals surface area contributed by atoms with E-state index in [2.05, 4.69) is 25.2 Å². The molecule has 1 atom stereocenters. The molecule has 0 aliphatic carbocycles. The fourth-order valence-corrected chi connectivity index (χ4v) is 3.97. The maximum Gasteiger partial charge on any atom is 0.296 e. The first-order chi connectivity index (χ1) is 13.3. The summed E-state index contributed by atoms with van der Waals surface area (Å²) >= 11 is 6.27. The van der Waals surface area contributed by atoms with E-state index in [9.17, 15) is 0 Å². The zero-order valence-corrected chi connectivity index (χ0v) is 14.9. The van der Waals surface area contributed by atoms with Crippen LogP contribution >= 0.6 is 11.8 Å². The number of fused-ring (bicyclic) bond motifs is 6. The third kappa shape index (κ3) is 2.15. The minimum atomic E-state index is -0.118. The molecule has 6 rings (SSSR count). The summed E-state index contributed by atoms with van der Waals surface area (Å²) in [6, 6.07) is 8.02. The van der Waals surface area contributed by atoms with Gasteiger partial charge in [-0.3, -0.25) is 8.99 Å². The molecule has 0 spiro atoms. The molecule has 3 aliphatic heterocycles. The minimum absolute atomic E-state index is 0.118.